The second-order valence-electron chi connectivity index (χ2n) is 4.86. The minimum Gasteiger partial charge on any atom is -0.497 e. The summed E-state index contributed by atoms with van der Waals surface area (Å²) in [5, 5.41) is 2.41. The molecule has 0 atom stereocenters. The lowest BCUT2D eigenvalue weighted by atomic mass is 10.0. The summed E-state index contributed by atoms with van der Waals surface area (Å²) in [6, 6.07) is 14.4. The van der Waals surface area contributed by atoms with Crippen molar-refractivity contribution in [3.63, 3.8) is 0 Å². The fourth-order valence-electron chi connectivity index (χ4n) is 2.74. The van der Waals surface area contributed by atoms with Crippen molar-refractivity contribution in [2.75, 3.05) is 7.11 Å². The third kappa shape index (κ3) is 1.53. The number of rotatable bonds is 2. The first-order valence-corrected chi connectivity index (χ1v) is 6.58. The summed E-state index contributed by atoms with van der Waals surface area (Å²) in [4.78, 5) is 6.65. The molecule has 0 unspecified atom stereocenters. The van der Waals surface area contributed by atoms with E-state index in [1.807, 2.05) is 18.2 Å². The van der Waals surface area contributed by atoms with Gasteiger partial charge in [-0.15, -0.1) is 0 Å². The van der Waals surface area contributed by atoms with Gasteiger partial charge in [-0.3, -0.25) is 0 Å². The van der Waals surface area contributed by atoms with Gasteiger partial charge >= 0.3 is 0 Å². The molecule has 0 aliphatic carbocycles. The number of aromatic amines is 2. The summed E-state index contributed by atoms with van der Waals surface area (Å²) in [6.07, 6.45) is 4.12. The lowest BCUT2D eigenvalue weighted by Gasteiger charge is -2.01. The second-order valence-corrected chi connectivity index (χ2v) is 4.86. The molecule has 98 valence electrons. The van der Waals surface area contributed by atoms with E-state index in [9.17, 15) is 0 Å². The molecule has 0 spiro atoms. The quantitative estimate of drug-likeness (QED) is 0.555. The van der Waals surface area contributed by atoms with E-state index in [2.05, 4.69) is 46.6 Å². The summed E-state index contributed by atoms with van der Waals surface area (Å²) in [6.45, 7) is 0. The van der Waals surface area contributed by atoms with Crippen LogP contribution < -0.4 is 4.74 Å². The van der Waals surface area contributed by atoms with Crippen molar-refractivity contribution >= 4 is 21.8 Å². The van der Waals surface area contributed by atoms with Gasteiger partial charge in [-0.2, -0.15) is 0 Å². The molecule has 0 amide bonds. The van der Waals surface area contributed by atoms with E-state index in [4.69, 9.17) is 4.74 Å². The van der Waals surface area contributed by atoms with Crippen LogP contribution >= 0.6 is 0 Å². The fraction of sp³-hybridized carbons (Fsp3) is 0.0588. The molecule has 0 aliphatic rings. The van der Waals surface area contributed by atoms with Crippen LogP contribution in [0, 0.1) is 0 Å². The molecule has 3 nitrogen and oxygen atoms in total. The smallest absolute Gasteiger partial charge is 0.119 e. The first kappa shape index (κ1) is 11.2. The molecular formula is C17H14N2O. The van der Waals surface area contributed by atoms with Crippen LogP contribution in [0.3, 0.4) is 0 Å². The van der Waals surface area contributed by atoms with Crippen molar-refractivity contribution in [2.24, 2.45) is 0 Å². The number of methoxy groups -OCH3 is 1. The number of benzene rings is 2. The summed E-state index contributed by atoms with van der Waals surface area (Å²) in [7, 11) is 1.69. The van der Waals surface area contributed by atoms with E-state index >= 15 is 0 Å². The Hall–Kier alpha value is -2.68. The minimum absolute atomic E-state index is 0.873. The van der Waals surface area contributed by atoms with Gasteiger partial charge in [0.25, 0.3) is 0 Å². The van der Waals surface area contributed by atoms with Crippen LogP contribution in [0.15, 0.2) is 54.9 Å². The zero-order valence-electron chi connectivity index (χ0n) is 11.1. The first-order chi connectivity index (χ1) is 9.86. The largest absolute Gasteiger partial charge is 0.497 e. The molecule has 20 heavy (non-hydrogen) atoms. The third-order valence-corrected chi connectivity index (χ3v) is 3.77. The molecule has 2 aromatic carbocycles. The van der Waals surface area contributed by atoms with E-state index in [-0.39, 0.29) is 0 Å². The molecule has 0 bridgehead atoms. The van der Waals surface area contributed by atoms with Gasteiger partial charge in [0.15, 0.2) is 0 Å². The van der Waals surface area contributed by atoms with Crippen LogP contribution in [0.25, 0.3) is 32.9 Å². The van der Waals surface area contributed by atoms with Crippen LogP contribution in [0.5, 0.6) is 5.75 Å². The van der Waals surface area contributed by atoms with E-state index < -0.39 is 0 Å². The highest BCUT2D eigenvalue weighted by molar-refractivity contribution is 6.04. The predicted octanol–water partition coefficient (Wildman–Crippen LogP) is 4.32. The van der Waals surface area contributed by atoms with Crippen molar-refractivity contribution in [2.45, 2.75) is 0 Å². The normalized spacial score (nSPS) is 11.2. The number of fused-ring (bicyclic) bond motifs is 2. The van der Waals surface area contributed by atoms with Gasteiger partial charge in [-0.25, -0.2) is 0 Å². The highest BCUT2D eigenvalue weighted by Crippen LogP contribution is 2.35. The molecule has 4 rings (SSSR count). The minimum atomic E-state index is 0.873. The SMILES string of the molecule is COc1ccc2[nH]cc(-c3c[nH]c4ccccc34)c2c1. The van der Waals surface area contributed by atoms with Crippen molar-refractivity contribution in [1.29, 1.82) is 0 Å². The van der Waals surface area contributed by atoms with E-state index in [0.29, 0.717) is 0 Å². The van der Waals surface area contributed by atoms with Crippen molar-refractivity contribution < 1.29 is 4.74 Å². The Morgan fingerprint density at radius 3 is 2.30 bits per heavy atom. The fourth-order valence-corrected chi connectivity index (χ4v) is 2.74. The van der Waals surface area contributed by atoms with Crippen LogP contribution in [0.1, 0.15) is 0 Å². The highest BCUT2D eigenvalue weighted by Gasteiger charge is 2.11. The average molecular weight is 262 g/mol. The zero-order valence-corrected chi connectivity index (χ0v) is 11.1. The Bertz CT molecular complexity index is 902. The Labute approximate surface area is 116 Å². The standard InChI is InChI=1S/C17H14N2O/c1-20-11-6-7-17-13(8-11)15(10-19-17)14-9-18-16-5-3-2-4-12(14)16/h2-10,18-19H,1H3. The van der Waals surface area contributed by atoms with Crippen molar-refractivity contribution in [3.05, 3.63) is 54.9 Å². The third-order valence-electron chi connectivity index (χ3n) is 3.77. The van der Waals surface area contributed by atoms with Crippen LogP contribution in [0.2, 0.25) is 0 Å². The monoisotopic (exact) mass is 262 g/mol. The molecule has 0 fully saturated rings. The molecule has 2 N–H and O–H groups in total. The number of hydrogen-bond acceptors (Lipinski definition) is 1. The Kier molecular flexibility index (Phi) is 2.33. The van der Waals surface area contributed by atoms with Crippen molar-refractivity contribution in [1.82, 2.24) is 9.97 Å². The van der Waals surface area contributed by atoms with Gasteiger partial charge < -0.3 is 14.7 Å². The Morgan fingerprint density at radius 2 is 1.50 bits per heavy atom. The molecule has 2 heterocycles. The number of aromatic nitrogens is 2. The maximum Gasteiger partial charge on any atom is 0.119 e. The molecule has 0 aliphatic heterocycles. The topological polar surface area (TPSA) is 40.8 Å². The van der Waals surface area contributed by atoms with Gasteiger partial charge in [0.1, 0.15) is 5.75 Å². The lowest BCUT2D eigenvalue weighted by molar-refractivity contribution is 0.415. The predicted molar refractivity (Wildman–Crippen MR) is 82.1 cm³/mol. The van der Waals surface area contributed by atoms with Crippen molar-refractivity contribution in [3.8, 4) is 16.9 Å². The number of nitrogens with one attached hydrogen (secondary N) is 2. The second kappa shape index (κ2) is 4.17. The lowest BCUT2D eigenvalue weighted by Crippen LogP contribution is -1.81. The van der Waals surface area contributed by atoms with Gasteiger partial charge in [0, 0.05) is 45.3 Å². The first-order valence-electron chi connectivity index (χ1n) is 6.58. The zero-order chi connectivity index (χ0) is 13.5. The summed E-state index contributed by atoms with van der Waals surface area (Å²) in [5.74, 6) is 0.873. The molecule has 4 aromatic rings. The van der Waals surface area contributed by atoms with Crippen LogP contribution in [-0.4, -0.2) is 17.1 Å². The van der Waals surface area contributed by atoms with Gasteiger partial charge in [-0.05, 0) is 24.3 Å². The van der Waals surface area contributed by atoms with Crippen LogP contribution in [0.4, 0.5) is 0 Å². The van der Waals surface area contributed by atoms with Gasteiger partial charge in [-0.1, -0.05) is 18.2 Å². The van der Waals surface area contributed by atoms with Gasteiger partial charge in [0.2, 0.25) is 0 Å². The maximum absolute atomic E-state index is 5.33. The van der Waals surface area contributed by atoms with E-state index in [0.717, 1.165) is 16.8 Å². The summed E-state index contributed by atoms with van der Waals surface area (Å²) < 4.78 is 5.33. The number of H-pyrrole nitrogens is 2. The average Bonchev–Trinajstić information content (AvgIpc) is 3.09. The molecular weight excluding hydrogens is 248 g/mol. The maximum atomic E-state index is 5.33. The number of ether oxygens (including phenoxy) is 1. The molecule has 0 saturated heterocycles. The van der Waals surface area contributed by atoms with E-state index in [1.54, 1.807) is 7.11 Å². The highest BCUT2D eigenvalue weighted by atomic mass is 16.5. The van der Waals surface area contributed by atoms with Gasteiger partial charge in [0.05, 0.1) is 7.11 Å². The number of hydrogen-bond donors (Lipinski definition) is 2. The summed E-state index contributed by atoms with van der Waals surface area (Å²) >= 11 is 0. The Morgan fingerprint density at radius 1 is 0.800 bits per heavy atom. The molecule has 2 aromatic heterocycles. The van der Waals surface area contributed by atoms with E-state index in [1.165, 1.54) is 21.9 Å². The Balaban J connectivity index is 2.02. The number of para-hydroxylation sites is 1. The molecule has 0 saturated carbocycles. The van der Waals surface area contributed by atoms with Crippen LogP contribution in [-0.2, 0) is 0 Å². The molecule has 3 heteroatoms. The molecule has 0 radical (unpaired) electrons. The summed E-state index contributed by atoms with van der Waals surface area (Å²) in [5.41, 5.74) is 4.67.